The Morgan fingerprint density at radius 2 is 1.53 bits per heavy atom. The molecule has 0 heterocycles. The van der Waals surface area contributed by atoms with E-state index in [0.29, 0.717) is 5.41 Å². The van der Waals surface area contributed by atoms with Crippen molar-refractivity contribution in [3.63, 3.8) is 0 Å². The van der Waals surface area contributed by atoms with E-state index in [1.807, 2.05) is 0 Å². The van der Waals surface area contributed by atoms with Crippen LogP contribution < -0.4 is 0 Å². The molecule has 2 saturated carbocycles. The Labute approximate surface area is 100 Å². The predicted molar refractivity (Wildman–Crippen MR) is 69.5 cm³/mol. The highest BCUT2D eigenvalue weighted by Crippen LogP contribution is 2.35. The van der Waals surface area contributed by atoms with Gasteiger partial charge in [0.25, 0.3) is 0 Å². The molecular weight excluding hydrogens is 202 g/mol. The Kier molecular flexibility index (Phi) is 3.67. The van der Waals surface area contributed by atoms with Crippen LogP contribution in [0.1, 0.15) is 39.5 Å². The zero-order valence-corrected chi connectivity index (χ0v) is 11.1. The summed E-state index contributed by atoms with van der Waals surface area (Å²) in [5, 5.41) is 0. The van der Waals surface area contributed by atoms with Gasteiger partial charge < -0.3 is 4.90 Å². The Morgan fingerprint density at radius 3 is 1.87 bits per heavy atom. The molecule has 0 unspecified atom stereocenters. The summed E-state index contributed by atoms with van der Waals surface area (Å²) in [6.45, 7) is 8.63. The number of hydrogen-bond acceptors (Lipinski definition) is 2. The highest BCUT2D eigenvalue weighted by atomic mass is 32.1. The van der Waals surface area contributed by atoms with E-state index in [-0.39, 0.29) is 0 Å². The Hall–Kier alpha value is 0.310. The minimum absolute atomic E-state index is 0.382. The Balaban J connectivity index is 1.79. The first-order chi connectivity index (χ1) is 7.09. The van der Waals surface area contributed by atoms with E-state index >= 15 is 0 Å². The molecule has 2 aliphatic carbocycles. The van der Waals surface area contributed by atoms with Crippen LogP contribution in [-0.2, 0) is 0 Å². The van der Waals surface area contributed by atoms with Gasteiger partial charge in [-0.1, -0.05) is 13.8 Å². The quantitative estimate of drug-likeness (QED) is 0.654. The molecule has 2 heteroatoms. The number of rotatable bonds is 7. The maximum absolute atomic E-state index is 4.46. The topological polar surface area (TPSA) is 3.24 Å². The molecule has 1 nitrogen and oxygen atoms in total. The minimum atomic E-state index is 0.382. The Bertz CT molecular complexity index is 193. The zero-order valence-electron chi connectivity index (χ0n) is 10.2. The second-order valence-corrected chi connectivity index (χ2v) is 6.72. The number of nitrogens with zero attached hydrogens (tertiary/aromatic N) is 1. The SMILES string of the molecule is CC(C)(CS)CN(CC1CC1)CC1CC1. The summed E-state index contributed by atoms with van der Waals surface area (Å²) in [5.41, 5.74) is 0.382. The van der Waals surface area contributed by atoms with Crippen molar-refractivity contribution in [2.75, 3.05) is 25.4 Å². The second-order valence-electron chi connectivity index (χ2n) is 6.40. The van der Waals surface area contributed by atoms with Crippen LogP contribution in [-0.4, -0.2) is 30.3 Å². The van der Waals surface area contributed by atoms with E-state index in [2.05, 4.69) is 31.4 Å². The third kappa shape index (κ3) is 4.36. The largest absolute Gasteiger partial charge is 0.302 e. The van der Waals surface area contributed by atoms with Gasteiger partial charge in [0.15, 0.2) is 0 Å². The van der Waals surface area contributed by atoms with Gasteiger partial charge >= 0.3 is 0 Å². The lowest BCUT2D eigenvalue weighted by Gasteiger charge is -2.31. The molecule has 2 rings (SSSR count). The first-order valence-electron chi connectivity index (χ1n) is 6.42. The van der Waals surface area contributed by atoms with Crippen LogP contribution in [0.15, 0.2) is 0 Å². The van der Waals surface area contributed by atoms with E-state index in [4.69, 9.17) is 0 Å². The molecule has 0 atom stereocenters. The fourth-order valence-electron chi connectivity index (χ4n) is 2.19. The molecule has 0 amide bonds. The summed E-state index contributed by atoms with van der Waals surface area (Å²) in [7, 11) is 0. The average molecular weight is 227 g/mol. The second kappa shape index (κ2) is 4.67. The van der Waals surface area contributed by atoms with Crippen LogP contribution in [0.3, 0.4) is 0 Å². The lowest BCUT2D eigenvalue weighted by molar-refractivity contribution is 0.181. The molecular formula is C13H25NS. The van der Waals surface area contributed by atoms with Crippen molar-refractivity contribution < 1.29 is 0 Å². The molecule has 2 aliphatic rings. The van der Waals surface area contributed by atoms with Gasteiger partial charge in [0.2, 0.25) is 0 Å². The van der Waals surface area contributed by atoms with Crippen LogP contribution in [0.4, 0.5) is 0 Å². The molecule has 15 heavy (non-hydrogen) atoms. The molecule has 0 spiro atoms. The standard InChI is InChI=1S/C13H25NS/c1-13(2,10-15)9-14(7-11-3-4-11)8-12-5-6-12/h11-12,15H,3-10H2,1-2H3. The maximum Gasteiger partial charge on any atom is 0.00407 e. The fraction of sp³-hybridized carbons (Fsp3) is 1.00. The zero-order chi connectivity index (χ0) is 10.9. The molecule has 0 aromatic rings. The first kappa shape index (κ1) is 11.8. The molecule has 0 aromatic heterocycles. The van der Waals surface area contributed by atoms with Crippen molar-refractivity contribution in [3.8, 4) is 0 Å². The van der Waals surface area contributed by atoms with Crippen molar-refractivity contribution in [2.24, 2.45) is 17.3 Å². The van der Waals surface area contributed by atoms with Crippen molar-refractivity contribution in [3.05, 3.63) is 0 Å². The van der Waals surface area contributed by atoms with Crippen LogP contribution in [0.25, 0.3) is 0 Å². The first-order valence-corrected chi connectivity index (χ1v) is 7.05. The molecule has 0 aromatic carbocycles. The third-order valence-corrected chi connectivity index (χ3v) is 4.36. The normalized spacial score (nSPS) is 22.4. The van der Waals surface area contributed by atoms with Crippen LogP contribution in [0, 0.1) is 17.3 Å². The summed E-state index contributed by atoms with van der Waals surface area (Å²) in [4.78, 5) is 2.71. The Morgan fingerprint density at radius 1 is 1.07 bits per heavy atom. The van der Waals surface area contributed by atoms with E-state index < -0.39 is 0 Å². The van der Waals surface area contributed by atoms with Gasteiger partial charge in [0, 0.05) is 19.6 Å². The molecule has 0 bridgehead atoms. The van der Waals surface area contributed by atoms with E-state index in [9.17, 15) is 0 Å². The van der Waals surface area contributed by atoms with Crippen molar-refractivity contribution in [1.82, 2.24) is 4.90 Å². The van der Waals surface area contributed by atoms with Gasteiger partial charge in [0.1, 0.15) is 0 Å². The lowest BCUT2D eigenvalue weighted by Crippen LogP contribution is -2.38. The van der Waals surface area contributed by atoms with Crippen molar-refractivity contribution in [1.29, 1.82) is 0 Å². The smallest absolute Gasteiger partial charge is 0.00407 e. The van der Waals surface area contributed by atoms with Gasteiger partial charge in [-0.15, -0.1) is 0 Å². The molecule has 0 saturated heterocycles. The van der Waals surface area contributed by atoms with Gasteiger partial charge in [0.05, 0.1) is 0 Å². The summed E-state index contributed by atoms with van der Waals surface area (Å²) < 4.78 is 0. The average Bonchev–Trinajstić information content (AvgIpc) is 2.99. The van der Waals surface area contributed by atoms with E-state index in [1.54, 1.807) is 0 Å². The summed E-state index contributed by atoms with van der Waals surface area (Å²) in [6, 6.07) is 0. The van der Waals surface area contributed by atoms with Crippen LogP contribution in [0.2, 0.25) is 0 Å². The summed E-state index contributed by atoms with van der Waals surface area (Å²) in [6.07, 6.45) is 5.90. The molecule has 0 aliphatic heterocycles. The summed E-state index contributed by atoms with van der Waals surface area (Å²) >= 11 is 4.46. The van der Waals surface area contributed by atoms with Crippen LogP contribution in [0.5, 0.6) is 0 Å². The van der Waals surface area contributed by atoms with E-state index in [0.717, 1.165) is 17.6 Å². The monoisotopic (exact) mass is 227 g/mol. The molecule has 0 radical (unpaired) electrons. The number of hydrogen-bond donors (Lipinski definition) is 1. The van der Waals surface area contributed by atoms with Gasteiger partial charge in [-0.3, -0.25) is 0 Å². The van der Waals surface area contributed by atoms with Gasteiger partial charge in [-0.2, -0.15) is 12.6 Å². The lowest BCUT2D eigenvalue weighted by atomic mass is 9.95. The maximum atomic E-state index is 4.46. The van der Waals surface area contributed by atoms with Gasteiger partial charge in [-0.05, 0) is 48.7 Å². The van der Waals surface area contributed by atoms with Crippen LogP contribution >= 0.6 is 12.6 Å². The van der Waals surface area contributed by atoms with Gasteiger partial charge in [-0.25, -0.2) is 0 Å². The fourth-order valence-corrected chi connectivity index (χ4v) is 2.29. The van der Waals surface area contributed by atoms with Crippen molar-refractivity contribution in [2.45, 2.75) is 39.5 Å². The predicted octanol–water partition coefficient (Wildman–Crippen LogP) is 3.06. The number of thiol groups is 1. The van der Waals surface area contributed by atoms with Crippen molar-refractivity contribution >= 4 is 12.6 Å². The molecule has 2 fully saturated rings. The third-order valence-electron chi connectivity index (χ3n) is 3.51. The highest BCUT2D eigenvalue weighted by Gasteiger charge is 2.31. The minimum Gasteiger partial charge on any atom is -0.302 e. The molecule has 88 valence electrons. The molecule has 0 N–H and O–H groups in total. The summed E-state index contributed by atoms with van der Waals surface area (Å²) in [5.74, 6) is 3.05. The van der Waals surface area contributed by atoms with E-state index in [1.165, 1.54) is 45.3 Å². The highest BCUT2D eigenvalue weighted by molar-refractivity contribution is 7.80.